The van der Waals surface area contributed by atoms with Crippen LogP contribution in [-0.4, -0.2) is 46.6 Å². The van der Waals surface area contributed by atoms with Crippen molar-refractivity contribution in [1.82, 2.24) is 9.62 Å². The van der Waals surface area contributed by atoms with Crippen molar-refractivity contribution in [2.45, 2.75) is 17.7 Å². The van der Waals surface area contributed by atoms with Crippen LogP contribution >= 0.6 is 11.3 Å². The van der Waals surface area contributed by atoms with Gasteiger partial charge in [-0.05, 0) is 31.0 Å². The van der Waals surface area contributed by atoms with Gasteiger partial charge in [0.25, 0.3) is 10.0 Å². The van der Waals surface area contributed by atoms with E-state index >= 15 is 0 Å². The molecule has 0 aliphatic heterocycles. The lowest BCUT2D eigenvalue weighted by molar-refractivity contribution is 0.138. The summed E-state index contributed by atoms with van der Waals surface area (Å²) in [4.78, 5) is 0. The standard InChI is InChI=1S/C11H20N2O3S2/c1-4-16-6-5-13(3)18(14,15)11-7-10(8-12-2)9-17-11/h7,9,12H,4-6,8H2,1-3H3. The molecular formula is C11H20N2O3S2. The highest BCUT2D eigenvalue weighted by molar-refractivity contribution is 7.91. The molecule has 0 aliphatic carbocycles. The van der Waals surface area contributed by atoms with Crippen molar-refractivity contribution in [2.24, 2.45) is 0 Å². The molecule has 0 atom stereocenters. The van der Waals surface area contributed by atoms with E-state index in [0.29, 0.717) is 30.5 Å². The minimum absolute atomic E-state index is 0.370. The predicted molar refractivity (Wildman–Crippen MR) is 73.4 cm³/mol. The summed E-state index contributed by atoms with van der Waals surface area (Å²) in [5.74, 6) is 0. The topological polar surface area (TPSA) is 58.6 Å². The van der Waals surface area contributed by atoms with E-state index in [2.05, 4.69) is 5.32 Å². The number of ether oxygens (including phenoxy) is 1. The molecule has 0 spiro atoms. The summed E-state index contributed by atoms with van der Waals surface area (Å²) in [7, 11) is 0.0357. The third kappa shape index (κ3) is 4.03. The van der Waals surface area contributed by atoms with Crippen LogP contribution in [0, 0.1) is 0 Å². The largest absolute Gasteiger partial charge is 0.380 e. The fourth-order valence-corrected chi connectivity index (χ4v) is 3.97. The van der Waals surface area contributed by atoms with Crippen molar-refractivity contribution in [3.8, 4) is 0 Å². The summed E-state index contributed by atoms with van der Waals surface area (Å²) in [6.07, 6.45) is 0. The summed E-state index contributed by atoms with van der Waals surface area (Å²) < 4.78 is 31.3. The Morgan fingerprint density at radius 3 is 2.83 bits per heavy atom. The summed E-state index contributed by atoms with van der Waals surface area (Å²) >= 11 is 1.25. The molecule has 0 aliphatic rings. The molecule has 1 aromatic rings. The molecule has 0 saturated carbocycles. The van der Waals surface area contributed by atoms with Gasteiger partial charge in [0, 0.05) is 26.7 Å². The molecule has 0 bridgehead atoms. The third-order valence-corrected chi connectivity index (χ3v) is 5.75. The average molecular weight is 292 g/mol. The van der Waals surface area contributed by atoms with Gasteiger partial charge >= 0.3 is 0 Å². The molecular weight excluding hydrogens is 272 g/mol. The third-order valence-electron chi connectivity index (χ3n) is 2.43. The molecule has 0 fully saturated rings. The highest BCUT2D eigenvalue weighted by Gasteiger charge is 2.22. The second-order valence-electron chi connectivity index (χ2n) is 3.83. The molecule has 1 rings (SSSR count). The van der Waals surface area contributed by atoms with Crippen molar-refractivity contribution in [1.29, 1.82) is 0 Å². The minimum Gasteiger partial charge on any atom is -0.380 e. The first kappa shape index (κ1) is 15.6. The SMILES string of the molecule is CCOCCN(C)S(=O)(=O)c1cc(CNC)cs1. The first-order chi connectivity index (χ1) is 8.52. The van der Waals surface area contributed by atoms with Crippen LogP contribution in [0.4, 0.5) is 0 Å². The predicted octanol–water partition coefficient (Wildman–Crippen LogP) is 1.12. The maximum absolute atomic E-state index is 12.2. The van der Waals surface area contributed by atoms with Gasteiger partial charge in [0.1, 0.15) is 4.21 Å². The lowest BCUT2D eigenvalue weighted by atomic mass is 10.3. The molecule has 7 heteroatoms. The van der Waals surface area contributed by atoms with Gasteiger partial charge in [-0.25, -0.2) is 8.42 Å². The van der Waals surface area contributed by atoms with E-state index in [4.69, 9.17) is 4.74 Å². The van der Waals surface area contributed by atoms with Crippen LogP contribution in [-0.2, 0) is 21.3 Å². The van der Waals surface area contributed by atoms with Crippen molar-refractivity contribution in [3.63, 3.8) is 0 Å². The van der Waals surface area contributed by atoms with Gasteiger partial charge in [0.2, 0.25) is 0 Å². The summed E-state index contributed by atoms with van der Waals surface area (Å²) in [5, 5.41) is 4.86. The molecule has 0 saturated heterocycles. The van der Waals surface area contributed by atoms with Gasteiger partial charge in [-0.1, -0.05) is 0 Å². The number of thiophene rings is 1. The van der Waals surface area contributed by atoms with Crippen LogP contribution in [0.15, 0.2) is 15.7 Å². The summed E-state index contributed by atoms with van der Waals surface area (Å²) in [6.45, 7) is 3.95. The Morgan fingerprint density at radius 2 is 2.22 bits per heavy atom. The second kappa shape index (κ2) is 7.20. The highest BCUT2D eigenvalue weighted by Crippen LogP contribution is 2.23. The fourth-order valence-electron chi connectivity index (χ4n) is 1.40. The molecule has 104 valence electrons. The Morgan fingerprint density at radius 1 is 1.50 bits per heavy atom. The van der Waals surface area contributed by atoms with E-state index in [9.17, 15) is 8.42 Å². The van der Waals surface area contributed by atoms with Crippen molar-refractivity contribution in [3.05, 3.63) is 17.0 Å². The number of likely N-dealkylation sites (N-methyl/N-ethyl adjacent to an activating group) is 1. The monoisotopic (exact) mass is 292 g/mol. The number of nitrogens with zero attached hydrogens (tertiary/aromatic N) is 1. The number of rotatable bonds is 8. The van der Waals surface area contributed by atoms with Crippen LogP contribution in [0.5, 0.6) is 0 Å². The van der Waals surface area contributed by atoms with E-state index in [1.165, 1.54) is 15.6 Å². The maximum atomic E-state index is 12.2. The Kier molecular flexibility index (Phi) is 6.24. The summed E-state index contributed by atoms with van der Waals surface area (Å²) in [5.41, 5.74) is 0.985. The quantitative estimate of drug-likeness (QED) is 0.730. The Balaban J connectivity index is 2.71. The van der Waals surface area contributed by atoms with Gasteiger partial charge in [-0.15, -0.1) is 11.3 Å². The lowest BCUT2D eigenvalue weighted by Crippen LogP contribution is -2.29. The second-order valence-corrected chi connectivity index (χ2v) is 7.01. The van der Waals surface area contributed by atoms with E-state index in [1.54, 1.807) is 13.1 Å². The number of nitrogens with one attached hydrogen (secondary N) is 1. The van der Waals surface area contributed by atoms with Gasteiger partial charge in [0.05, 0.1) is 6.61 Å². The number of hydrogen-bond donors (Lipinski definition) is 1. The van der Waals surface area contributed by atoms with E-state index < -0.39 is 10.0 Å². The minimum atomic E-state index is -3.37. The van der Waals surface area contributed by atoms with Gasteiger partial charge in [-0.2, -0.15) is 4.31 Å². The average Bonchev–Trinajstić information content (AvgIpc) is 2.79. The van der Waals surface area contributed by atoms with Crippen molar-refractivity contribution < 1.29 is 13.2 Å². The number of hydrogen-bond acceptors (Lipinski definition) is 5. The van der Waals surface area contributed by atoms with E-state index in [-0.39, 0.29) is 0 Å². The fraction of sp³-hybridized carbons (Fsp3) is 0.636. The molecule has 1 aromatic heterocycles. The van der Waals surface area contributed by atoms with Gasteiger partial charge in [-0.3, -0.25) is 0 Å². The zero-order valence-corrected chi connectivity index (χ0v) is 12.6. The lowest BCUT2D eigenvalue weighted by Gasteiger charge is -2.15. The van der Waals surface area contributed by atoms with Crippen LogP contribution in [0.1, 0.15) is 12.5 Å². The van der Waals surface area contributed by atoms with Crippen LogP contribution in [0.25, 0.3) is 0 Å². The number of sulfonamides is 1. The van der Waals surface area contributed by atoms with Crippen molar-refractivity contribution >= 4 is 21.4 Å². The van der Waals surface area contributed by atoms with Gasteiger partial charge < -0.3 is 10.1 Å². The first-order valence-corrected chi connectivity index (χ1v) is 8.10. The van der Waals surface area contributed by atoms with Gasteiger partial charge in [0.15, 0.2) is 0 Å². The molecule has 0 unspecified atom stereocenters. The molecule has 0 radical (unpaired) electrons. The Bertz CT molecular complexity index is 457. The molecule has 18 heavy (non-hydrogen) atoms. The van der Waals surface area contributed by atoms with Crippen LogP contribution in [0.2, 0.25) is 0 Å². The summed E-state index contributed by atoms with van der Waals surface area (Å²) in [6, 6.07) is 1.72. The van der Waals surface area contributed by atoms with Crippen LogP contribution < -0.4 is 5.32 Å². The van der Waals surface area contributed by atoms with E-state index in [0.717, 1.165) is 5.56 Å². The Hall–Kier alpha value is -0.470. The molecule has 1 N–H and O–H groups in total. The first-order valence-electron chi connectivity index (χ1n) is 5.78. The molecule has 1 heterocycles. The zero-order valence-electron chi connectivity index (χ0n) is 11.0. The molecule has 0 amide bonds. The van der Waals surface area contributed by atoms with E-state index in [1.807, 2.05) is 19.4 Å². The molecule has 5 nitrogen and oxygen atoms in total. The molecule has 0 aromatic carbocycles. The maximum Gasteiger partial charge on any atom is 0.252 e. The Labute approximate surface area is 113 Å². The zero-order chi connectivity index (χ0) is 13.6. The van der Waals surface area contributed by atoms with Crippen LogP contribution in [0.3, 0.4) is 0 Å². The van der Waals surface area contributed by atoms with Crippen molar-refractivity contribution in [2.75, 3.05) is 33.9 Å². The normalized spacial score (nSPS) is 12.2. The highest BCUT2D eigenvalue weighted by atomic mass is 32.2. The smallest absolute Gasteiger partial charge is 0.252 e.